The summed E-state index contributed by atoms with van der Waals surface area (Å²) < 4.78 is 26.9. The van der Waals surface area contributed by atoms with Gasteiger partial charge in [0.1, 0.15) is 0 Å². The Morgan fingerprint density at radius 3 is 2.79 bits per heavy atom. The van der Waals surface area contributed by atoms with E-state index in [1.807, 2.05) is 0 Å². The number of thioether (sulfide) groups is 1. The highest BCUT2D eigenvalue weighted by Crippen LogP contribution is 2.31. The predicted molar refractivity (Wildman–Crippen MR) is 73.4 cm³/mol. The highest BCUT2D eigenvalue weighted by atomic mass is 32.2. The standard InChI is InChI=1S/C14H17F2NOS/c1-14(2)6-7-17(8-9-19-14)13(18)10-4-3-5-11(15)12(10)16/h3-5H,6-9H2,1-2H3. The fourth-order valence-corrected chi connectivity index (χ4v) is 3.16. The molecule has 19 heavy (non-hydrogen) atoms. The van der Waals surface area contributed by atoms with Crippen LogP contribution in [0.3, 0.4) is 0 Å². The highest BCUT2D eigenvalue weighted by Gasteiger charge is 2.27. The highest BCUT2D eigenvalue weighted by molar-refractivity contribution is 8.00. The lowest BCUT2D eigenvalue weighted by Crippen LogP contribution is -2.34. The van der Waals surface area contributed by atoms with Crippen molar-refractivity contribution in [2.75, 3.05) is 18.8 Å². The van der Waals surface area contributed by atoms with Gasteiger partial charge in [-0.25, -0.2) is 8.78 Å². The monoisotopic (exact) mass is 285 g/mol. The Balaban J connectivity index is 2.18. The molecule has 0 bridgehead atoms. The van der Waals surface area contributed by atoms with Crippen molar-refractivity contribution in [1.82, 2.24) is 4.90 Å². The topological polar surface area (TPSA) is 20.3 Å². The molecule has 0 saturated carbocycles. The number of carbonyl (C=O) groups excluding carboxylic acids is 1. The summed E-state index contributed by atoms with van der Waals surface area (Å²) in [6, 6.07) is 3.72. The van der Waals surface area contributed by atoms with Gasteiger partial charge in [0, 0.05) is 23.6 Å². The second-order valence-electron chi connectivity index (χ2n) is 5.25. The Morgan fingerprint density at radius 1 is 1.32 bits per heavy atom. The minimum absolute atomic E-state index is 0.121. The van der Waals surface area contributed by atoms with E-state index in [0.717, 1.165) is 18.2 Å². The number of nitrogens with zero attached hydrogens (tertiary/aromatic N) is 1. The first-order valence-corrected chi connectivity index (χ1v) is 7.26. The van der Waals surface area contributed by atoms with Gasteiger partial charge >= 0.3 is 0 Å². The SMILES string of the molecule is CC1(C)CCN(C(=O)c2cccc(F)c2F)CCS1. The van der Waals surface area contributed by atoms with Crippen molar-refractivity contribution in [1.29, 1.82) is 0 Å². The van der Waals surface area contributed by atoms with E-state index in [0.29, 0.717) is 13.1 Å². The van der Waals surface area contributed by atoms with Crippen LogP contribution in [0.5, 0.6) is 0 Å². The van der Waals surface area contributed by atoms with E-state index in [1.165, 1.54) is 12.1 Å². The lowest BCUT2D eigenvalue weighted by atomic mass is 10.1. The molecule has 1 heterocycles. The molecule has 2 nitrogen and oxygen atoms in total. The second kappa shape index (κ2) is 5.49. The van der Waals surface area contributed by atoms with Crippen molar-refractivity contribution < 1.29 is 13.6 Å². The summed E-state index contributed by atoms with van der Waals surface area (Å²) in [6.45, 7) is 5.42. The normalized spacial score (nSPS) is 19.1. The maximum atomic E-state index is 13.6. The Hall–Kier alpha value is -1.10. The van der Waals surface area contributed by atoms with Gasteiger partial charge in [0.15, 0.2) is 11.6 Å². The van der Waals surface area contributed by atoms with Crippen molar-refractivity contribution in [3.05, 3.63) is 35.4 Å². The molecule has 104 valence electrons. The Kier molecular flexibility index (Phi) is 4.13. The van der Waals surface area contributed by atoms with E-state index >= 15 is 0 Å². The van der Waals surface area contributed by atoms with Crippen LogP contribution in [0.25, 0.3) is 0 Å². The molecule has 1 fully saturated rings. The lowest BCUT2D eigenvalue weighted by molar-refractivity contribution is 0.0758. The van der Waals surface area contributed by atoms with Crippen molar-refractivity contribution in [2.24, 2.45) is 0 Å². The molecule has 2 rings (SSSR count). The van der Waals surface area contributed by atoms with E-state index in [9.17, 15) is 13.6 Å². The van der Waals surface area contributed by atoms with Crippen LogP contribution in [-0.2, 0) is 0 Å². The molecule has 1 amide bonds. The number of halogens is 2. The molecule has 1 aliphatic rings. The van der Waals surface area contributed by atoms with Gasteiger partial charge in [0.05, 0.1) is 5.56 Å². The van der Waals surface area contributed by atoms with Crippen LogP contribution in [-0.4, -0.2) is 34.4 Å². The molecule has 5 heteroatoms. The molecule has 1 aliphatic heterocycles. The van der Waals surface area contributed by atoms with Crippen molar-refractivity contribution >= 4 is 17.7 Å². The number of rotatable bonds is 1. The van der Waals surface area contributed by atoms with E-state index in [1.54, 1.807) is 16.7 Å². The molecular weight excluding hydrogens is 268 g/mol. The van der Waals surface area contributed by atoms with Crippen LogP contribution in [0.2, 0.25) is 0 Å². The van der Waals surface area contributed by atoms with E-state index in [4.69, 9.17) is 0 Å². The van der Waals surface area contributed by atoms with Crippen LogP contribution in [0.15, 0.2) is 18.2 Å². The first kappa shape index (κ1) is 14.3. The molecule has 0 spiro atoms. The minimum atomic E-state index is -1.05. The maximum absolute atomic E-state index is 13.6. The second-order valence-corrected chi connectivity index (χ2v) is 7.05. The zero-order valence-corrected chi connectivity index (χ0v) is 11.9. The average molecular weight is 285 g/mol. The summed E-state index contributed by atoms with van der Waals surface area (Å²) in [6.07, 6.45) is 0.848. The van der Waals surface area contributed by atoms with Crippen LogP contribution >= 0.6 is 11.8 Å². The van der Waals surface area contributed by atoms with Crippen molar-refractivity contribution in [3.63, 3.8) is 0 Å². The minimum Gasteiger partial charge on any atom is -0.338 e. The molecule has 0 N–H and O–H groups in total. The molecule has 0 aliphatic carbocycles. The zero-order chi connectivity index (χ0) is 14.0. The van der Waals surface area contributed by atoms with Crippen LogP contribution in [0.4, 0.5) is 8.78 Å². The Labute approximate surface area is 116 Å². The van der Waals surface area contributed by atoms with Crippen LogP contribution < -0.4 is 0 Å². The summed E-state index contributed by atoms with van der Waals surface area (Å²) >= 11 is 1.80. The summed E-state index contributed by atoms with van der Waals surface area (Å²) in [7, 11) is 0. The van der Waals surface area contributed by atoms with Gasteiger partial charge in [0.2, 0.25) is 0 Å². The number of hydrogen-bond donors (Lipinski definition) is 0. The largest absolute Gasteiger partial charge is 0.338 e. The first-order chi connectivity index (χ1) is 8.91. The fourth-order valence-electron chi connectivity index (χ4n) is 2.06. The first-order valence-electron chi connectivity index (χ1n) is 6.28. The zero-order valence-electron chi connectivity index (χ0n) is 11.1. The number of hydrogen-bond acceptors (Lipinski definition) is 2. The summed E-state index contributed by atoms with van der Waals surface area (Å²) in [5.41, 5.74) is -0.176. The van der Waals surface area contributed by atoms with Crippen LogP contribution in [0, 0.1) is 11.6 Å². The van der Waals surface area contributed by atoms with E-state index < -0.39 is 17.5 Å². The fraction of sp³-hybridized carbons (Fsp3) is 0.500. The van der Waals surface area contributed by atoms with Crippen LogP contribution in [0.1, 0.15) is 30.6 Å². The van der Waals surface area contributed by atoms with Crippen molar-refractivity contribution in [3.8, 4) is 0 Å². The summed E-state index contributed by atoms with van der Waals surface area (Å²) in [5.74, 6) is -1.63. The number of benzene rings is 1. The van der Waals surface area contributed by atoms with Gasteiger partial charge in [-0.15, -0.1) is 0 Å². The molecule has 0 unspecified atom stereocenters. The lowest BCUT2D eigenvalue weighted by Gasteiger charge is -2.23. The summed E-state index contributed by atoms with van der Waals surface area (Å²) in [5, 5.41) is 0. The summed E-state index contributed by atoms with van der Waals surface area (Å²) in [4.78, 5) is 13.9. The Bertz CT molecular complexity index is 490. The third-order valence-corrected chi connectivity index (χ3v) is 4.68. The van der Waals surface area contributed by atoms with Gasteiger partial charge in [-0.05, 0) is 18.6 Å². The van der Waals surface area contributed by atoms with Gasteiger partial charge in [0.25, 0.3) is 5.91 Å². The third-order valence-electron chi connectivity index (χ3n) is 3.31. The van der Waals surface area contributed by atoms with Gasteiger partial charge < -0.3 is 4.90 Å². The third kappa shape index (κ3) is 3.26. The quantitative estimate of drug-likeness (QED) is 0.789. The molecule has 1 aromatic rings. The molecular formula is C14H17F2NOS. The number of amides is 1. The smallest absolute Gasteiger partial charge is 0.256 e. The van der Waals surface area contributed by atoms with E-state index in [-0.39, 0.29) is 10.3 Å². The molecule has 1 aromatic carbocycles. The molecule has 0 radical (unpaired) electrons. The Morgan fingerprint density at radius 2 is 2.05 bits per heavy atom. The predicted octanol–water partition coefficient (Wildman–Crippen LogP) is 3.32. The maximum Gasteiger partial charge on any atom is 0.256 e. The molecule has 0 atom stereocenters. The van der Waals surface area contributed by atoms with Gasteiger partial charge in [-0.1, -0.05) is 19.9 Å². The molecule has 0 aromatic heterocycles. The van der Waals surface area contributed by atoms with Gasteiger partial charge in [-0.2, -0.15) is 11.8 Å². The molecule has 1 saturated heterocycles. The average Bonchev–Trinajstić information content (AvgIpc) is 2.53. The van der Waals surface area contributed by atoms with Crippen molar-refractivity contribution in [2.45, 2.75) is 25.0 Å². The number of carbonyl (C=O) groups is 1. The van der Waals surface area contributed by atoms with E-state index in [2.05, 4.69) is 13.8 Å². The van der Waals surface area contributed by atoms with Gasteiger partial charge in [-0.3, -0.25) is 4.79 Å².